The van der Waals surface area contributed by atoms with Gasteiger partial charge in [0.05, 0.1) is 54.6 Å². The van der Waals surface area contributed by atoms with Gasteiger partial charge in [0, 0.05) is 39.3 Å². The van der Waals surface area contributed by atoms with Gasteiger partial charge in [-0.2, -0.15) is 0 Å². The first-order valence-corrected chi connectivity index (χ1v) is 12.4. The molecule has 0 aliphatic heterocycles. The van der Waals surface area contributed by atoms with Gasteiger partial charge in [-0.05, 0) is 18.2 Å². The van der Waals surface area contributed by atoms with Gasteiger partial charge in [0.1, 0.15) is 12.7 Å². The molecule has 0 aromatic heterocycles. The molecular formula is C26H27N3Na4O14. The number of hydrogen-bond donors (Lipinski definition) is 0. The molecule has 0 spiro atoms. The van der Waals surface area contributed by atoms with Crippen molar-refractivity contribution in [2.45, 2.75) is 6.10 Å². The largest absolute Gasteiger partial charge is 1.00 e. The number of aliphatic carboxylic acids is 4. The Hall–Kier alpha value is -1.16. The average Bonchev–Trinajstić information content (AvgIpc) is 2.91. The molecule has 0 N–H and O–H groups in total. The summed E-state index contributed by atoms with van der Waals surface area (Å²) in [4.78, 5) is 57.7. The number of carboxylic acid groups (broad SMARTS) is 4. The van der Waals surface area contributed by atoms with E-state index < -0.39 is 73.3 Å². The average molecular weight is 697 g/mol. The zero-order valence-corrected chi connectivity index (χ0v) is 35.0. The van der Waals surface area contributed by atoms with Crippen LogP contribution in [0.4, 0.5) is 5.69 Å². The number of nitro benzene ring substituents is 1. The Labute approximate surface area is 358 Å². The van der Waals surface area contributed by atoms with Crippen molar-refractivity contribution < 1.29 is 182 Å². The van der Waals surface area contributed by atoms with Crippen molar-refractivity contribution in [2.75, 3.05) is 60.1 Å². The van der Waals surface area contributed by atoms with Gasteiger partial charge in [-0.3, -0.25) is 19.9 Å². The fraction of sp³-hybridized carbons (Fsp3) is 0.385. The molecule has 17 nitrogen and oxygen atoms in total. The van der Waals surface area contributed by atoms with Gasteiger partial charge in [-0.1, -0.05) is 12.1 Å². The molecule has 0 saturated heterocycles. The van der Waals surface area contributed by atoms with E-state index in [4.69, 9.17) is 18.9 Å². The molecule has 0 heterocycles. The number of nitro groups is 1. The van der Waals surface area contributed by atoms with Crippen LogP contribution in [0.1, 0.15) is 11.7 Å². The Balaban J connectivity index is -0.00000484. The molecule has 0 aliphatic rings. The van der Waals surface area contributed by atoms with Gasteiger partial charge in [0.2, 0.25) is 0 Å². The van der Waals surface area contributed by atoms with E-state index in [1.54, 1.807) is 0 Å². The quantitative estimate of drug-likeness (QED) is 0.0708. The maximum atomic E-state index is 12.0. The van der Waals surface area contributed by atoms with Crippen LogP contribution in [0.2, 0.25) is 0 Å². The number of hydrogen-bond acceptors (Lipinski definition) is 16. The van der Waals surface area contributed by atoms with Gasteiger partial charge in [0.15, 0.2) is 23.0 Å². The molecule has 2 aromatic rings. The Morgan fingerprint density at radius 2 is 1.17 bits per heavy atom. The van der Waals surface area contributed by atoms with Crippen molar-refractivity contribution in [2.24, 2.45) is 0 Å². The summed E-state index contributed by atoms with van der Waals surface area (Å²) in [6, 6.07) is 8.15. The first kappa shape index (κ1) is 50.2. The Kier molecular flexibility index (Phi) is 27.5. The molecular weight excluding hydrogens is 670 g/mol. The summed E-state index contributed by atoms with van der Waals surface area (Å²) in [6.07, 6.45) is -1.42. The second kappa shape index (κ2) is 25.8. The topological polar surface area (TPSA) is 247 Å². The predicted octanol–water partition coefficient (Wildman–Crippen LogP) is -16.3. The van der Waals surface area contributed by atoms with Gasteiger partial charge in [-0.15, -0.1) is 0 Å². The molecule has 1 unspecified atom stereocenters. The number of carbonyl (C=O) groups is 4. The van der Waals surface area contributed by atoms with Crippen LogP contribution in [0, 0.1) is 10.1 Å². The third kappa shape index (κ3) is 17.9. The van der Waals surface area contributed by atoms with Crippen molar-refractivity contribution in [3.63, 3.8) is 0 Å². The Morgan fingerprint density at radius 3 is 1.62 bits per heavy atom. The van der Waals surface area contributed by atoms with E-state index in [0.717, 1.165) is 15.9 Å². The second-order valence-corrected chi connectivity index (χ2v) is 8.79. The van der Waals surface area contributed by atoms with E-state index >= 15 is 0 Å². The predicted molar refractivity (Wildman–Crippen MR) is 134 cm³/mol. The number of rotatable bonds is 20. The number of benzene rings is 2. The number of para-hydroxylation sites is 2. The first-order valence-electron chi connectivity index (χ1n) is 12.4. The minimum Gasteiger partial charge on any atom is -0.549 e. The molecule has 2 rings (SSSR count). The van der Waals surface area contributed by atoms with Crippen LogP contribution in [0.3, 0.4) is 0 Å². The summed E-state index contributed by atoms with van der Waals surface area (Å²) in [7, 11) is 2.53. The van der Waals surface area contributed by atoms with E-state index in [2.05, 4.69) is 0 Å². The molecule has 21 heteroatoms. The van der Waals surface area contributed by atoms with Crippen molar-refractivity contribution in [1.29, 1.82) is 0 Å². The van der Waals surface area contributed by atoms with Crippen LogP contribution in [0.5, 0.6) is 23.0 Å². The van der Waals surface area contributed by atoms with Crippen LogP contribution in [0.15, 0.2) is 36.4 Å². The molecule has 0 saturated carbocycles. The van der Waals surface area contributed by atoms with Crippen molar-refractivity contribution >= 4 is 29.6 Å². The maximum absolute atomic E-state index is 12.0. The summed E-state index contributed by atoms with van der Waals surface area (Å²) < 4.78 is 22.1. The summed E-state index contributed by atoms with van der Waals surface area (Å²) >= 11 is 0. The minimum absolute atomic E-state index is 0. The van der Waals surface area contributed by atoms with E-state index in [-0.39, 0.29) is 160 Å². The third-order valence-electron chi connectivity index (χ3n) is 5.69. The van der Waals surface area contributed by atoms with Crippen LogP contribution in [-0.4, -0.2) is 98.7 Å². The molecule has 1 atom stereocenters. The SMILES string of the molecule is COc1cc(C(CN(CC(=O)[O-])CC(=O)[O-])Oc2ccccc2OCCN(CC(=O)[O-])CC(=O)[O-])c([N+](=O)[O-])cc1OC.[Na+].[Na+].[Na+].[Na+]. The smallest absolute Gasteiger partial charge is 0.549 e. The Bertz CT molecular complexity index is 1310. The fourth-order valence-corrected chi connectivity index (χ4v) is 3.97. The van der Waals surface area contributed by atoms with Crippen LogP contribution in [-0.2, 0) is 19.2 Å². The van der Waals surface area contributed by atoms with Gasteiger partial charge in [-0.25, -0.2) is 0 Å². The third-order valence-corrected chi connectivity index (χ3v) is 5.69. The molecule has 0 fully saturated rings. The normalized spacial score (nSPS) is 10.6. The number of carboxylic acids is 4. The summed E-state index contributed by atoms with van der Waals surface area (Å²) in [6.45, 7) is -4.17. The van der Waals surface area contributed by atoms with E-state index in [1.807, 2.05) is 0 Å². The summed E-state index contributed by atoms with van der Waals surface area (Å²) in [5.41, 5.74) is -0.670. The van der Waals surface area contributed by atoms with Crippen molar-refractivity contribution in [1.82, 2.24) is 9.80 Å². The number of ether oxygens (including phenoxy) is 4. The Morgan fingerprint density at radius 1 is 0.723 bits per heavy atom. The molecule has 0 radical (unpaired) electrons. The van der Waals surface area contributed by atoms with Crippen molar-refractivity contribution in [3.8, 4) is 23.0 Å². The van der Waals surface area contributed by atoms with Crippen LogP contribution in [0.25, 0.3) is 0 Å². The maximum Gasteiger partial charge on any atom is 1.00 e. The van der Waals surface area contributed by atoms with E-state index in [0.29, 0.717) is 0 Å². The van der Waals surface area contributed by atoms with Crippen LogP contribution < -0.4 is 158 Å². The monoisotopic (exact) mass is 697 g/mol. The van der Waals surface area contributed by atoms with Gasteiger partial charge in [0.25, 0.3) is 5.69 Å². The zero-order chi connectivity index (χ0) is 32.1. The minimum atomic E-state index is -1.64. The van der Waals surface area contributed by atoms with E-state index in [9.17, 15) is 49.7 Å². The molecule has 0 bridgehead atoms. The number of methoxy groups -OCH3 is 2. The van der Waals surface area contributed by atoms with Gasteiger partial charge >= 0.3 is 118 Å². The second-order valence-electron chi connectivity index (χ2n) is 8.79. The number of nitrogens with zero attached hydrogens (tertiary/aromatic N) is 3. The number of carbonyl (C=O) groups excluding carboxylic acids is 4. The van der Waals surface area contributed by atoms with Crippen molar-refractivity contribution in [3.05, 3.63) is 52.1 Å². The molecule has 234 valence electrons. The van der Waals surface area contributed by atoms with E-state index in [1.165, 1.54) is 44.6 Å². The molecule has 0 aliphatic carbocycles. The fourth-order valence-electron chi connectivity index (χ4n) is 3.97. The zero-order valence-electron chi connectivity index (χ0n) is 27.0. The molecule has 47 heavy (non-hydrogen) atoms. The summed E-state index contributed by atoms with van der Waals surface area (Å²) in [5.74, 6) is -6.28. The van der Waals surface area contributed by atoms with Gasteiger partial charge < -0.3 is 58.6 Å². The van der Waals surface area contributed by atoms with Crippen LogP contribution >= 0.6 is 0 Å². The first-order chi connectivity index (χ1) is 20.3. The molecule has 2 aromatic carbocycles. The summed E-state index contributed by atoms with van der Waals surface area (Å²) in [5, 5.41) is 56.6. The standard InChI is InChI=1S/C26H31N3O14.4Na/c1-40-20-9-16(17(29(38)39)10-21(20)41-2)22(11-28(14-25(34)35)15-26(36)37)43-19-6-4-3-5-18(19)42-8-7-27(12-23(30)31)13-24(32)33;;;;/h3-6,9-10,22H,7-8,11-15H2,1-2H3,(H,30,31)(H,32,33)(H,34,35)(H,36,37);;;;/q;4*+1/p-4. The molecule has 0 amide bonds.